The third kappa shape index (κ3) is 4.01. The van der Waals surface area contributed by atoms with Gasteiger partial charge in [0.05, 0.1) is 29.7 Å². The van der Waals surface area contributed by atoms with Crippen LogP contribution in [0.5, 0.6) is 0 Å². The van der Waals surface area contributed by atoms with Gasteiger partial charge >= 0.3 is 6.03 Å². The van der Waals surface area contributed by atoms with Crippen molar-refractivity contribution >= 4 is 17.8 Å². The van der Waals surface area contributed by atoms with Crippen molar-refractivity contribution in [2.45, 2.75) is 56.1 Å². The Bertz CT molecular complexity index is 1370. The molecular formula is C29H31N5OS. The number of nitrogens with one attached hydrogen (secondary N) is 1. The van der Waals surface area contributed by atoms with E-state index in [9.17, 15) is 4.79 Å². The van der Waals surface area contributed by atoms with Gasteiger partial charge in [-0.25, -0.2) is 9.48 Å². The molecule has 1 N–H and O–H groups in total. The van der Waals surface area contributed by atoms with Crippen LogP contribution in [0, 0.1) is 6.92 Å². The Balaban J connectivity index is 1.52. The molecule has 0 bridgehead atoms. The monoisotopic (exact) mass is 497 g/mol. The first kappa shape index (κ1) is 23.0. The number of aryl methyl sites for hydroxylation is 1. The maximum Gasteiger partial charge on any atom is 0.318 e. The fraction of sp³-hybridized carbons (Fsp3) is 0.310. The molecule has 0 radical (unpaired) electrons. The lowest BCUT2D eigenvalue weighted by atomic mass is 10.0. The van der Waals surface area contributed by atoms with Crippen LogP contribution in [0.25, 0.3) is 11.5 Å². The van der Waals surface area contributed by atoms with Crippen LogP contribution in [0.4, 0.5) is 4.79 Å². The van der Waals surface area contributed by atoms with E-state index in [0.717, 1.165) is 46.9 Å². The highest BCUT2D eigenvalue weighted by molar-refractivity contribution is 7.98. The molecule has 1 unspecified atom stereocenters. The second-order valence-electron chi connectivity index (χ2n) is 9.67. The summed E-state index contributed by atoms with van der Waals surface area (Å²) in [5, 5.41) is 8.29. The number of hydrogen-bond acceptors (Lipinski definition) is 3. The van der Waals surface area contributed by atoms with Crippen LogP contribution in [0.2, 0.25) is 0 Å². The summed E-state index contributed by atoms with van der Waals surface area (Å²) in [6.45, 7) is 2.53. The first-order valence-electron chi connectivity index (χ1n) is 12.7. The largest absolute Gasteiger partial charge is 0.335 e. The predicted octanol–water partition coefficient (Wildman–Crippen LogP) is 6.25. The number of rotatable bonds is 4. The Kier molecular flexibility index (Phi) is 6.09. The lowest BCUT2D eigenvalue weighted by Gasteiger charge is -2.32. The van der Waals surface area contributed by atoms with Crippen LogP contribution >= 0.6 is 11.8 Å². The Labute approximate surface area is 216 Å². The van der Waals surface area contributed by atoms with E-state index in [1.165, 1.54) is 17.7 Å². The number of para-hydroxylation sites is 1. The molecule has 1 atom stereocenters. The fourth-order valence-electron chi connectivity index (χ4n) is 5.61. The van der Waals surface area contributed by atoms with Crippen LogP contribution in [-0.4, -0.2) is 37.6 Å². The van der Waals surface area contributed by atoms with Gasteiger partial charge in [0, 0.05) is 22.7 Å². The van der Waals surface area contributed by atoms with Gasteiger partial charge in [-0.2, -0.15) is 5.10 Å². The molecular weight excluding hydrogens is 466 g/mol. The van der Waals surface area contributed by atoms with Gasteiger partial charge in [0.2, 0.25) is 0 Å². The number of nitrogens with zero attached hydrogens (tertiary/aromatic N) is 4. The number of aromatic nitrogens is 3. The smallest absolute Gasteiger partial charge is 0.318 e. The fourth-order valence-corrected chi connectivity index (χ4v) is 6.02. The van der Waals surface area contributed by atoms with Crippen molar-refractivity contribution in [3.8, 4) is 11.5 Å². The van der Waals surface area contributed by atoms with Gasteiger partial charge in [0.15, 0.2) is 0 Å². The van der Waals surface area contributed by atoms with Crippen molar-refractivity contribution in [2.24, 2.45) is 0 Å². The van der Waals surface area contributed by atoms with Crippen molar-refractivity contribution in [1.29, 1.82) is 0 Å². The van der Waals surface area contributed by atoms with E-state index in [2.05, 4.69) is 70.9 Å². The molecule has 4 aromatic rings. The van der Waals surface area contributed by atoms with E-state index in [1.54, 1.807) is 11.8 Å². The van der Waals surface area contributed by atoms with E-state index >= 15 is 0 Å². The zero-order valence-electron chi connectivity index (χ0n) is 20.7. The van der Waals surface area contributed by atoms with E-state index < -0.39 is 0 Å². The number of amides is 2. The van der Waals surface area contributed by atoms with Gasteiger partial charge in [0.25, 0.3) is 0 Å². The molecule has 6 nitrogen and oxygen atoms in total. The number of carbonyl (C=O) groups is 1. The van der Waals surface area contributed by atoms with Crippen molar-refractivity contribution in [3.63, 3.8) is 0 Å². The van der Waals surface area contributed by atoms with Crippen LogP contribution in [-0.2, 0) is 6.54 Å². The van der Waals surface area contributed by atoms with E-state index in [-0.39, 0.29) is 18.1 Å². The standard InChI is InChI=1S/C29H31N5OS/c1-20-25-19-33(29(35)30-22-9-6-7-10-22)27(21-14-16-24(36-2)17-15-21)26-13-8-18-32(26)28(25)34(31-20)23-11-4-3-5-12-23/h3-5,8,11-18,22,27H,6-7,9-10,19H2,1-2H3,(H,30,35). The quantitative estimate of drug-likeness (QED) is 0.339. The van der Waals surface area contributed by atoms with Crippen molar-refractivity contribution in [3.05, 3.63) is 95.4 Å². The van der Waals surface area contributed by atoms with Gasteiger partial charge in [-0.1, -0.05) is 43.2 Å². The third-order valence-electron chi connectivity index (χ3n) is 7.46. The minimum Gasteiger partial charge on any atom is -0.335 e. The number of benzene rings is 2. The summed E-state index contributed by atoms with van der Waals surface area (Å²) < 4.78 is 4.23. The van der Waals surface area contributed by atoms with Crippen LogP contribution in [0.1, 0.15) is 54.2 Å². The normalized spacial score (nSPS) is 17.5. The summed E-state index contributed by atoms with van der Waals surface area (Å²) in [6.07, 6.45) is 8.65. The molecule has 2 aliphatic rings. The lowest BCUT2D eigenvalue weighted by molar-refractivity contribution is 0.176. The molecule has 7 heteroatoms. The molecule has 2 aromatic heterocycles. The molecule has 6 rings (SSSR count). The molecule has 1 aliphatic heterocycles. The molecule has 2 amide bonds. The molecule has 0 saturated heterocycles. The zero-order valence-corrected chi connectivity index (χ0v) is 21.5. The highest BCUT2D eigenvalue weighted by Gasteiger charge is 2.36. The van der Waals surface area contributed by atoms with Crippen LogP contribution < -0.4 is 5.32 Å². The Morgan fingerprint density at radius 1 is 1.00 bits per heavy atom. The van der Waals surface area contributed by atoms with Gasteiger partial charge in [0.1, 0.15) is 5.82 Å². The first-order valence-corrected chi connectivity index (χ1v) is 13.9. The first-order chi connectivity index (χ1) is 17.6. The molecule has 1 fully saturated rings. The molecule has 184 valence electrons. The Morgan fingerprint density at radius 2 is 1.75 bits per heavy atom. The summed E-state index contributed by atoms with van der Waals surface area (Å²) >= 11 is 1.73. The number of fused-ring (bicyclic) bond motifs is 3. The molecule has 1 aliphatic carbocycles. The number of urea groups is 1. The SMILES string of the molecule is CSc1ccc(C2c3cccn3-c3c(c(C)nn3-c3ccccc3)CN2C(=O)NC2CCCC2)cc1. The maximum atomic E-state index is 13.9. The van der Waals surface area contributed by atoms with Gasteiger partial charge in [-0.05, 0) is 68.0 Å². The second-order valence-corrected chi connectivity index (χ2v) is 10.6. The molecule has 0 spiro atoms. The second kappa shape index (κ2) is 9.54. The predicted molar refractivity (Wildman–Crippen MR) is 144 cm³/mol. The minimum absolute atomic E-state index is 0.00620. The van der Waals surface area contributed by atoms with Crippen LogP contribution in [0.3, 0.4) is 0 Å². The summed E-state index contributed by atoms with van der Waals surface area (Å²) in [7, 11) is 0. The van der Waals surface area contributed by atoms with Crippen molar-refractivity contribution < 1.29 is 4.79 Å². The van der Waals surface area contributed by atoms with Crippen molar-refractivity contribution in [1.82, 2.24) is 24.6 Å². The van der Waals surface area contributed by atoms with E-state index in [0.29, 0.717) is 6.54 Å². The topological polar surface area (TPSA) is 55.1 Å². The summed E-state index contributed by atoms with van der Waals surface area (Å²) in [5.74, 6) is 1.00. The van der Waals surface area contributed by atoms with E-state index in [4.69, 9.17) is 5.10 Å². The average Bonchev–Trinajstić information content (AvgIpc) is 3.64. The minimum atomic E-state index is -0.215. The summed E-state index contributed by atoms with van der Waals surface area (Å²) in [6, 6.07) is 23.1. The number of hydrogen-bond donors (Lipinski definition) is 1. The highest BCUT2D eigenvalue weighted by Crippen LogP contribution is 2.39. The number of thioether (sulfide) groups is 1. The van der Waals surface area contributed by atoms with Gasteiger partial charge in [-0.15, -0.1) is 11.8 Å². The molecule has 2 aromatic carbocycles. The van der Waals surface area contributed by atoms with Gasteiger partial charge < -0.3 is 14.8 Å². The summed E-state index contributed by atoms with van der Waals surface area (Å²) in [4.78, 5) is 17.1. The van der Waals surface area contributed by atoms with Gasteiger partial charge in [-0.3, -0.25) is 0 Å². The Morgan fingerprint density at radius 3 is 2.47 bits per heavy atom. The average molecular weight is 498 g/mol. The Hall–Kier alpha value is -3.45. The lowest BCUT2D eigenvalue weighted by Crippen LogP contribution is -2.45. The zero-order chi connectivity index (χ0) is 24.6. The maximum absolute atomic E-state index is 13.9. The molecule has 3 heterocycles. The summed E-state index contributed by atoms with van der Waals surface area (Å²) in [5.41, 5.74) is 5.18. The molecule has 1 saturated carbocycles. The third-order valence-corrected chi connectivity index (χ3v) is 8.21. The molecule has 36 heavy (non-hydrogen) atoms. The number of carbonyl (C=O) groups excluding carboxylic acids is 1. The van der Waals surface area contributed by atoms with Crippen LogP contribution in [0.15, 0.2) is 77.8 Å². The highest BCUT2D eigenvalue weighted by atomic mass is 32.2. The van der Waals surface area contributed by atoms with E-state index in [1.807, 2.05) is 34.7 Å². The van der Waals surface area contributed by atoms with Crippen molar-refractivity contribution in [2.75, 3.05) is 6.26 Å².